The highest BCUT2D eigenvalue weighted by Crippen LogP contribution is 2.12. The van der Waals surface area contributed by atoms with Gasteiger partial charge in [0.2, 0.25) is 5.28 Å². The van der Waals surface area contributed by atoms with Crippen LogP contribution in [-0.2, 0) is 0 Å². The largest absolute Gasteiger partial charge is 0.476 e. The highest BCUT2D eigenvalue weighted by atomic mass is 35.5. The molecule has 2 N–H and O–H groups in total. The summed E-state index contributed by atoms with van der Waals surface area (Å²) >= 11 is 5.40. The van der Waals surface area contributed by atoms with Crippen LogP contribution >= 0.6 is 11.6 Å². The first-order valence-corrected chi connectivity index (χ1v) is 3.46. The van der Waals surface area contributed by atoms with Gasteiger partial charge in [0.05, 0.1) is 11.9 Å². The lowest BCUT2D eigenvalue weighted by molar-refractivity contribution is 0.0691. The van der Waals surface area contributed by atoms with Crippen molar-refractivity contribution in [1.29, 1.82) is 0 Å². The molecule has 6 heteroatoms. The Morgan fingerprint density at radius 3 is 2.92 bits per heavy atom. The Kier molecular flexibility index (Phi) is 2.44. The predicted molar refractivity (Wildman–Crippen MR) is 43.5 cm³/mol. The molecule has 1 heterocycles. The molecule has 1 rings (SSSR count). The summed E-state index contributed by atoms with van der Waals surface area (Å²) in [6, 6.07) is 0. The molecule has 12 heavy (non-hydrogen) atoms. The van der Waals surface area contributed by atoms with E-state index in [1.807, 2.05) is 0 Å². The third kappa shape index (κ3) is 1.62. The number of carboxylic acids is 1. The van der Waals surface area contributed by atoms with Gasteiger partial charge in [0, 0.05) is 7.05 Å². The van der Waals surface area contributed by atoms with Crippen LogP contribution in [0.3, 0.4) is 0 Å². The Labute approximate surface area is 73.4 Å². The van der Waals surface area contributed by atoms with E-state index in [1.165, 1.54) is 6.20 Å². The average molecular weight is 188 g/mol. The zero-order chi connectivity index (χ0) is 9.14. The molecule has 0 aliphatic rings. The first-order chi connectivity index (χ1) is 5.65. The summed E-state index contributed by atoms with van der Waals surface area (Å²) in [6.45, 7) is 0. The number of anilines is 1. The molecule has 1 aromatic heterocycles. The van der Waals surface area contributed by atoms with Crippen molar-refractivity contribution in [3.05, 3.63) is 17.2 Å². The molecule has 0 aliphatic heterocycles. The van der Waals surface area contributed by atoms with Gasteiger partial charge in [-0.3, -0.25) is 0 Å². The van der Waals surface area contributed by atoms with Crippen molar-refractivity contribution in [3.8, 4) is 0 Å². The van der Waals surface area contributed by atoms with Crippen LogP contribution in [0.25, 0.3) is 0 Å². The Morgan fingerprint density at radius 1 is 1.75 bits per heavy atom. The van der Waals surface area contributed by atoms with Crippen molar-refractivity contribution >= 4 is 23.3 Å². The molecule has 0 unspecified atom stereocenters. The number of carboxylic acid groups (broad SMARTS) is 1. The van der Waals surface area contributed by atoms with Gasteiger partial charge in [-0.25, -0.2) is 14.8 Å². The van der Waals surface area contributed by atoms with E-state index in [4.69, 9.17) is 16.7 Å². The van der Waals surface area contributed by atoms with E-state index < -0.39 is 5.97 Å². The van der Waals surface area contributed by atoms with Crippen LogP contribution < -0.4 is 5.32 Å². The molecule has 64 valence electrons. The zero-order valence-electron chi connectivity index (χ0n) is 6.21. The maximum atomic E-state index is 10.5. The van der Waals surface area contributed by atoms with Crippen molar-refractivity contribution in [3.63, 3.8) is 0 Å². The van der Waals surface area contributed by atoms with Gasteiger partial charge < -0.3 is 10.4 Å². The first kappa shape index (κ1) is 8.73. The zero-order valence-corrected chi connectivity index (χ0v) is 6.96. The van der Waals surface area contributed by atoms with Crippen molar-refractivity contribution < 1.29 is 9.90 Å². The molecule has 0 atom stereocenters. The van der Waals surface area contributed by atoms with E-state index >= 15 is 0 Å². The predicted octanol–water partition coefficient (Wildman–Crippen LogP) is 0.870. The maximum Gasteiger partial charge on any atom is 0.356 e. The van der Waals surface area contributed by atoms with Crippen LogP contribution in [0.2, 0.25) is 5.28 Å². The van der Waals surface area contributed by atoms with E-state index in [0.29, 0.717) is 5.69 Å². The van der Waals surface area contributed by atoms with Crippen molar-refractivity contribution in [2.24, 2.45) is 0 Å². The van der Waals surface area contributed by atoms with Crippen molar-refractivity contribution in [2.45, 2.75) is 0 Å². The van der Waals surface area contributed by atoms with Gasteiger partial charge in [-0.2, -0.15) is 0 Å². The Morgan fingerprint density at radius 2 is 2.42 bits per heavy atom. The fourth-order valence-electron chi connectivity index (χ4n) is 0.706. The number of nitrogens with one attached hydrogen (secondary N) is 1. The van der Waals surface area contributed by atoms with Crippen LogP contribution in [-0.4, -0.2) is 28.1 Å². The molecule has 0 radical (unpaired) electrons. The standard InChI is InChI=1S/C6H6ClN3O2/c1-8-3-2-9-6(7)10-4(3)5(11)12/h2,8H,1H3,(H,11,12). The van der Waals surface area contributed by atoms with Gasteiger partial charge in [0.25, 0.3) is 0 Å². The number of hydrogen-bond donors (Lipinski definition) is 2. The van der Waals surface area contributed by atoms with E-state index in [2.05, 4.69) is 15.3 Å². The second kappa shape index (κ2) is 3.36. The van der Waals surface area contributed by atoms with Crippen molar-refractivity contribution in [1.82, 2.24) is 9.97 Å². The van der Waals surface area contributed by atoms with E-state index in [-0.39, 0.29) is 11.0 Å². The normalized spacial score (nSPS) is 9.50. The van der Waals surface area contributed by atoms with Crippen LogP contribution in [0, 0.1) is 0 Å². The fraction of sp³-hybridized carbons (Fsp3) is 0.167. The number of aromatic carboxylic acids is 1. The van der Waals surface area contributed by atoms with Gasteiger partial charge in [0.1, 0.15) is 0 Å². The lowest BCUT2D eigenvalue weighted by Crippen LogP contribution is -2.06. The van der Waals surface area contributed by atoms with E-state index in [0.717, 1.165) is 0 Å². The minimum absolute atomic E-state index is 0.0774. The second-order valence-electron chi connectivity index (χ2n) is 1.96. The first-order valence-electron chi connectivity index (χ1n) is 3.08. The third-order valence-electron chi connectivity index (χ3n) is 1.23. The van der Waals surface area contributed by atoms with Crippen LogP contribution in [0.4, 0.5) is 5.69 Å². The molecule has 0 saturated heterocycles. The monoisotopic (exact) mass is 187 g/mol. The topological polar surface area (TPSA) is 75.1 Å². The summed E-state index contributed by atoms with van der Waals surface area (Å²) < 4.78 is 0. The summed E-state index contributed by atoms with van der Waals surface area (Å²) in [5, 5.41) is 11.2. The number of nitrogens with zero attached hydrogens (tertiary/aromatic N) is 2. The Bertz CT molecular complexity index is 316. The van der Waals surface area contributed by atoms with Gasteiger partial charge in [-0.05, 0) is 11.6 Å². The minimum Gasteiger partial charge on any atom is -0.476 e. The summed E-state index contributed by atoms with van der Waals surface area (Å²) in [7, 11) is 1.58. The van der Waals surface area contributed by atoms with Crippen LogP contribution in [0.15, 0.2) is 6.20 Å². The molecular weight excluding hydrogens is 182 g/mol. The molecule has 0 saturated carbocycles. The Hall–Kier alpha value is -1.36. The second-order valence-corrected chi connectivity index (χ2v) is 2.29. The van der Waals surface area contributed by atoms with Crippen LogP contribution in [0.5, 0.6) is 0 Å². The number of rotatable bonds is 2. The summed E-state index contributed by atoms with van der Waals surface area (Å²) in [6.07, 6.45) is 1.32. The number of carbonyl (C=O) groups is 1. The van der Waals surface area contributed by atoms with Gasteiger partial charge in [0.15, 0.2) is 5.69 Å². The lowest BCUT2D eigenvalue weighted by Gasteiger charge is -2.02. The number of aromatic nitrogens is 2. The minimum atomic E-state index is -1.14. The Balaban J connectivity index is 3.21. The summed E-state index contributed by atoms with van der Waals surface area (Å²) in [5.41, 5.74) is 0.212. The smallest absolute Gasteiger partial charge is 0.356 e. The molecule has 0 aliphatic carbocycles. The molecule has 0 spiro atoms. The third-order valence-corrected chi connectivity index (χ3v) is 1.41. The molecule has 5 nitrogen and oxygen atoms in total. The SMILES string of the molecule is CNc1cnc(Cl)nc1C(=O)O. The van der Waals surface area contributed by atoms with Gasteiger partial charge >= 0.3 is 5.97 Å². The van der Waals surface area contributed by atoms with Gasteiger partial charge in [-0.15, -0.1) is 0 Å². The summed E-state index contributed by atoms with van der Waals surface area (Å²) in [4.78, 5) is 17.7. The highest BCUT2D eigenvalue weighted by molar-refractivity contribution is 6.28. The molecule has 1 aromatic rings. The molecule has 0 bridgehead atoms. The van der Waals surface area contributed by atoms with Crippen molar-refractivity contribution in [2.75, 3.05) is 12.4 Å². The van der Waals surface area contributed by atoms with Gasteiger partial charge in [-0.1, -0.05) is 0 Å². The highest BCUT2D eigenvalue weighted by Gasteiger charge is 2.11. The average Bonchev–Trinajstić information content (AvgIpc) is 2.04. The van der Waals surface area contributed by atoms with E-state index in [1.54, 1.807) is 7.05 Å². The summed E-state index contributed by atoms with van der Waals surface area (Å²) in [5.74, 6) is -1.14. The molecule has 0 aromatic carbocycles. The number of hydrogen-bond acceptors (Lipinski definition) is 4. The lowest BCUT2D eigenvalue weighted by atomic mass is 10.3. The molecule has 0 amide bonds. The fourth-order valence-corrected chi connectivity index (χ4v) is 0.840. The molecular formula is C6H6ClN3O2. The van der Waals surface area contributed by atoms with Crippen LogP contribution in [0.1, 0.15) is 10.5 Å². The molecule has 0 fully saturated rings. The number of halogens is 1. The maximum absolute atomic E-state index is 10.5. The quantitative estimate of drug-likeness (QED) is 0.672. The van der Waals surface area contributed by atoms with E-state index in [9.17, 15) is 4.79 Å².